The minimum Gasteiger partial charge on any atom is -0.488 e. The molecule has 37 heavy (non-hydrogen) atoms. The van der Waals surface area contributed by atoms with Crippen molar-refractivity contribution in [3.05, 3.63) is 41.3 Å². The summed E-state index contributed by atoms with van der Waals surface area (Å²) >= 11 is 0. The predicted molar refractivity (Wildman–Crippen MR) is 138 cm³/mol. The van der Waals surface area contributed by atoms with Crippen LogP contribution in [0.2, 0.25) is 0 Å². The van der Waals surface area contributed by atoms with Gasteiger partial charge in [-0.1, -0.05) is 17.9 Å². The van der Waals surface area contributed by atoms with Gasteiger partial charge in [0.25, 0.3) is 10.2 Å². The number of fused-ring (bicyclic) bond motifs is 2. The summed E-state index contributed by atoms with van der Waals surface area (Å²) in [6.07, 6.45) is 0.989. The van der Waals surface area contributed by atoms with Crippen molar-refractivity contribution in [3.63, 3.8) is 0 Å². The topological polar surface area (TPSA) is 182 Å². The number of aliphatic hydroxyl groups is 2. The molecule has 1 fully saturated rings. The number of nitrogens with one attached hydrogen (secondary N) is 1. The molecule has 0 bridgehead atoms. The van der Waals surface area contributed by atoms with Crippen molar-refractivity contribution in [2.75, 3.05) is 37.4 Å². The number of nitrogen functional groups attached to an aromatic ring is 1. The minimum absolute atomic E-state index is 0.108. The van der Waals surface area contributed by atoms with Gasteiger partial charge in [0, 0.05) is 25.7 Å². The van der Waals surface area contributed by atoms with E-state index in [2.05, 4.69) is 31.4 Å². The van der Waals surface area contributed by atoms with Gasteiger partial charge in [0.1, 0.15) is 30.5 Å². The molecule has 196 valence electrons. The Morgan fingerprint density at radius 3 is 2.78 bits per heavy atom. The van der Waals surface area contributed by atoms with Crippen LogP contribution in [0.25, 0.3) is 11.0 Å². The normalized spacial score (nSPS) is 23.4. The van der Waals surface area contributed by atoms with Crippen molar-refractivity contribution in [1.82, 2.24) is 19.3 Å². The predicted octanol–water partition coefficient (Wildman–Crippen LogP) is -0.374. The maximum absolute atomic E-state index is 11.3. The first kappa shape index (κ1) is 25.2. The summed E-state index contributed by atoms with van der Waals surface area (Å²) in [6.45, 7) is 3.21. The second-order valence-corrected chi connectivity index (χ2v) is 10.8. The van der Waals surface area contributed by atoms with Crippen LogP contribution >= 0.6 is 0 Å². The van der Waals surface area contributed by atoms with Gasteiger partial charge in [-0.05, 0) is 25.0 Å². The average molecular weight is 528 g/mol. The summed E-state index contributed by atoms with van der Waals surface area (Å²) in [5.41, 5.74) is 9.93. The summed E-state index contributed by atoms with van der Waals surface area (Å²) in [6, 6.07) is 3.42. The second-order valence-electron chi connectivity index (χ2n) is 9.47. The van der Waals surface area contributed by atoms with E-state index in [1.807, 2.05) is 26.1 Å². The van der Waals surface area contributed by atoms with Crippen LogP contribution in [0.5, 0.6) is 5.75 Å². The molecule has 12 nitrogen and oxygen atoms in total. The Balaban J connectivity index is 1.55. The van der Waals surface area contributed by atoms with Crippen LogP contribution in [0, 0.1) is 24.7 Å². The highest BCUT2D eigenvalue weighted by Gasteiger charge is 2.43. The quantitative estimate of drug-likeness (QED) is 0.283. The molecule has 2 aliphatic rings. The van der Waals surface area contributed by atoms with E-state index in [9.17, 15) is 18.6 Å². The van der Waals surface area contributed by atoms with Gasteiger partial charge >= 0.3 is 0 Å². The second kappa shape index (κ2) is 9.47. The minimum atomic E-state index is -3.94. The molecule has 2 aromatic heterocycles. The molecule has 1 aliphatic carbocycles. The highest BCUT2D eigenvalue weighted by Crippen LogP contribution is 2.39. The molecule has 4 atom stereocenters. The molecule has 0 spiro atoms. The standard InChI is InChI=1S/C24H29N7O5S/c1-13-3-6-17-22(36-8-7-30(17)2)16(13)5-4-14-11-31(24-19(14)23(25)27-12-28-24)18-9-15(20(32)21(18)33)10-29-37(26,34)35/h3,6,11-12,15,18,20-21,29,32-33H,7-10H2,1-2H3,(H2,25,27,28)(H2,26,34,35)/t15-,18+,20+,21-/m0/s1. The average Bonchev–Trinajstić information content (AvgIpc) is 3.35. The number of nitrogens with two attached hydrogens (primary N) is 2. The molecule has 13 heteroatoms. The molecule has 1 aromatic carbocycles. The third-order valence-corrected chi connectivity index (χ3v) is 7.63. The molecule has 0 unspecified atom stereocenters. The van der Waals surface area contributed by atoms with E-state index in [1.54, 1.807) is 10.8 Å². The largest absolute Gasteiger partial charge is 0.488 e. The Morgan fingerprint density at radius 1 is 1.24 bits per heavy atom. The fraction of sp³-hybridized carbons (Fsp3) is 0.417. The highest BCUT2D eigenvalue weighted by molar-refractivity contribution is 7.87. The van der Waals surface area contributed by atoms with E-state index in [0.717, 1.165) is 29.1 Å². The first-order valence-corrected chi connectivity index (χ1v) is 13.3. The van der Waals surface area contributed by atoms with Gasteiger partial charge < -0.3 is 30.2 Å². The molecule has 1 saturated carbocycles. The number of nitrogens with zero attached hydrogens (tertiary/aromatic N) is 4. The summed E-state index contributed by atoms with van der Waals surface area (Å²) in [5, 5.41) is 27.0. The number of hydrogen-bond acceptors (Lipinski definition) is 9. The van der Waals surface area contributed by atoms with Crippen molar-refractivity contribution in [1.29, 1.82) is 0 Å². The lowest BCUT2D eigenvalue weighted by Crippen LogP contribution is -2.38. The van der Waals surface area contributed by atoms with E-state index in [0.29, 0.717) is 23.2 Å². The Bertz CT molecular complexity index is 1530. The monoisotopic (exact) mass is 527 g/mol. The maximum Gasteiger partial charge on any atom is 0.274 e. The Morgan fingerprint density at radius 2 is 2.03 bits per heavy atom. The molecule has 0 radical (unpaired) electrons. The molecule has 1 aliphatic heterocycles. The van der Waals surface area contributed by atoms with Crippen LogP contribution in [0.4, 0.5) is 11.5 Å². The van der Waals surface area contributed by atoms with E-state index >= 15 is 0 Å². The van der Waals surface area contributed by atoms with Gasteiger partial charge in [-0.2, -0.15) is 8.42 Å². The summed E-state index contributed by atoms with van der Waals surface area (Å²) in [5.74, 6) is 6.84. The van der Waals surface area contributed by atoms with Crippen LogP contribution in [-0.2, 0) is 10.2 Å². The number of benzene rings is 1. The number of hydrogen-bond donors (Lipinski definition) is 5. The number of aryl methyl sites for hydroxylation is 1. The molecule has 0 amide bonds. The number of rotatable bonds is 4. The van der Waals surface area contributed by atoms with Gasteiger partial charge in [0.2, 0.25) is 0 Å². The zero-order valence-corrected chi connectivity index (χ0v) is 21.2. The Kier molecular flexibility index (Phi) is 6.47. The first-order chi connectivity index (χ1) is 17.5. The zero-order chi connectivity index (χ0) is 26.5. The Hall–Kier alpha value is -3.41. The van der Waals surface area contributed by atoms with Crippen LogP contribution in [-0.4, -0.2) is 72.1 Å². The summed E-state index contributed by atoms with van der Waals surface area (Å²) < 4.78 is 32.5. The number of likely N-dealkylation sites (N-methyl/N-ethyl adjacent to an activating group) is 1. The van der Waals surface area contributed by atoms with E-state index in [1.165, 1.54) is 6.33 Å². The molecular weight excluding hydrogens is 498 g/mol. The van der Waals surface area contributed by atoms with Crippen molar-refractivity contribution >= 4 is 32.7 Å². The van der Waals surface area contributed by atoms with Crippen LogP contribution in [0.3, 0.4) is 0 Å². The maximum atomic E-state index is 11.3. The smallest absolute Gasteiger partial charge is 0.274 e. The van der Waals surface area contributed by atoms with Crippen LogP contribution < -0.4 is 25.2 Å². The third-order valence-electron chi connectivity index (χ3n) is 7.07. The number of aliphatic hydroxyl groups excluding tert-OH is 2. The van der Waals surface area contributed by atoms with Crippen molar-refractivity contribution in [3.8, 4) is 17.6 Å². The zero-order valence-electron chi connectivity index (χ0n) is 20.4. The van der Waals surface area contributed by atoms with Crippen molar-refractivity contribution in [2.24, 2.45) is 11.1 Å². The Labute approximate surface area is 214 Å². The van der Waals surface area contributed by atoms with Crippen LogP contribution in [0.1, 0.15) is 29.2 Å². The third kappa shape index (κ3) is 4.70. The first-order valence-electron chi connectivity index (χ1n) is 11.8. The number of anilines is 2. The van der Waals surface area contributed by atoms with Crippen molar-refractivity contribution < 1.29 is 23.4 Å². The van der Waals surface area contributed by atoms with Crippen molar-refractivity contribution in [2.45, 2.75) is 31.6 Å². The lowest BCUT2D eigenvalue weighted by molar-refractivity contribution is 0.00769. The molecule has 7 N–H and O–H groups in total. The summed E-state index contributed by atoms with van der Waals surface area (Å²) in [7, 11) is -1.93. The highest BCUT2D eigenvalue weighted by atomic mass is 32.2. The lowest BCUT2D eigenvalue weighted by Gasteiger charge is -2.28. The lowest BCUT2D eigenvalue weighted by atomic mass is 10.0. The fourth-order valence-corrected chi connectivity index (χ4v) is 5.51. The van der Waals surface area contributed by atoms with Gasteiger partial charge in [-0.15, -0.1) is 0 Å². The van der Waals surface area contributed by atoms with Crippen LogP contribution in [0.15, 0.2) is 24.7 Å². The molecule has 3 heterocycles. The number of ether oxygens (including phenoxy) is 1. The van der Waals surface area contributed by atoms with Gasteiger partial charge in [-0.3, -0.25) is 0 Å². The van der Waals surface area contributed by atoms with E-state index in [-0.39, 0.29) is 18.8 Å². The molecule has 3 aromatic rings. The van der Waals surface area contributed by atoms with Gasteiger partial charge in [0.15, 0.2) is 5.75 Å². The fourth-order valence-electron chi connectivity index (χ4n) is 5.06. The SMILES string of the molecule is Cc1ccc2c(c1C#Cc1cn([C@@H]3C[C@@H](CNS(N)(=O)=O)[C@@H](O)[C@H]3O)c3ncnc(N)c13)OCCN2C. The van der Waals surface area contributed by atoms with Gasteiger partial charge in [0.05, 0.1) is 40.9 Å². The van der Waals surface area contributed by atoms with Gasteiger partial charge in [-0.25, -0.2) is 19.8 Å². The van der Waals surface area contributed by atoms with E-state index < -0.39 is 34.4 Å². The molecule has 5 rings (SSSR count). The molecular formula is C24H29N7O5S. The molecule has 0 saturated heterocycles. The summed E-state index contributed by atoms with van der Waals surface area (Å²) in [4.78, 5) is 10.6. The van der Waals surface area contributed by atoms with E-state index in [4.69, 9.17) is 15.6 Å². The number of aromatic nitrogens is 3.